The second-order valence-electron chi connectivity index (χ2n) is 13.7. The maximum absolute atomic E-state index is 16.9. The van der Waals surface area contributed by atoms with E-state index < -0.39 is 23.3 Å². The molecule has 3 saturated heterocycles. The van der Waals surface area contributed by atoms with E-state index in [-0.39, 0.29) is 47.7 Å². The molecule has 1 unspecified atom stereocenters. The number of rotatable bonds is 7. The van der Waals surface area contributed by atoms with Gasteiger partial charge in [-0.3, -0.25) is 9.88 Å². The molecule has 4 aromatic rings. The summed E-state index contributed by atoms with van der Waals surface area (Å²) in [5.74, 6) is 0.120. The summed E-state index contributed by atoms with van der Waals surface area (Å²) in [6.07, 6.45) is 5.19. The Morgan fingerprint density at radius 3 is 2.65 bits per heavy atom. The van der Waals surface area contributed by atoms with Crippen LogP contribution in [0.4, 0.5) is 19.0 Å². The number of alkyl halides is 1. The van der Waals surface area contributed by atoms with Crippen LogP contribution < -0.4 is 9.64 Å². The molecule has 11 heteroatoms. The third-order valence-electron chi connectivity index (χ3n) is 11.2. The summed E-state index contributed by atoms with van der Waals surface area (Å²) >= 11 is 0. The van der Waals surface area contributed by atoms with Crippen LogP contribution in [0.3, 0.4) is 0 Å². The van der Waals surface area contributed by atoms with E-state index in [0.717, 1.165) is 32.2 Å². The SMILES string of the molecule is CCc1c(F)ccc2cc(O)cc(-c3ncc4c(N5C[C@H]6CC[C@@H](C5)C6CO)nc(OC[C@@]56CCCN5C[C@H](F)C6)nc4c3F)c12. The Bertz CT molecular complexity index is 1830. The number of aliphatic hydroxyl groups is 1. The monoisotopic (exact) mass is 633 g/mol. The molecular weight excluding hydrogens is 595 g/mol. The van der Waals surface area contributed by atoms with Crippen molar-refractivity contribution in [1.29, 1.82) is 0 Å². The maximum atomic E-state index is 16.9. The highest BCUT2D eigenvalue weighted by molar-refractivity contribution is 6.01. The highest BCUT2D eigenvalue weighted by Gasteiger charge is 2.49. The van der Waals surface area contributed by atoms with Crippen molar-refractivity contribution in [3.8, 4) is 23.0 Å². The van der Waals surface area contributed by atoms with Crippen molar-refractivity contribution < 1.29 is 28.1 Å². The van der Waals surface area contributed by atoms with Gasteiger partial charge in [0, 0.05) is 44.4 Å². The van der Waals surface area contributed by atoms with Gasteiger partial charge >= 0.3 is 6.01 Å². The molecule has 8 nitrogen and oxygen atoms in total. The number of pyridine rings is 1. The summed E-state index contributed by atoms with van der Waals surface area (Å²) in [6.45, 7) is 4.70. The van der Waals surface area contributed by atoms with E-state index in [2.05, 4.69) is 19.8 Å². The van der Waals surface area contributed by atoms with E-state index in [1.807, 2.05) is 6.92 Å². The zero-order valence-corrected chi connectivity index (χ0v) is 25.9. The minimum absolute atomic E-state index is 0.0137. The minimum atomic E-state index is -0.915. The van der Waals surface area contributed by atoms with Crippen LogP contribution in [0.25, 0.3) is 32.9 Å². The van der Waals surface area contributed by atoms with E-state index in [9.17, 15) is 19.0 Å². The third kappa shape index (κ3) is 4.68. The number of ether oxygens (including phenoxy) is 1. The molecule has 5 atom stereocenters. The Hall–Kier alpha value is -3.70. The van der Waals surface area contributed by atoms with Gasteiger partial charge in [-0.15, -0.1) is 0 Å². The number of fused-ring (bicyclic) bond motifs is 5. The Morgan fingerprint density at radius 2 is 1.89 bits per heavy atom. The molecule has 3 aliphatic heterocycles. The quantitative estimate of drug-likeness (QED) is 0.264. The Balaban J connectivity index is 1.26. The molecule has 1 aliphatic carbocycles. The average molecular weight is 634 g/mol. The molecule has 2 N–H and O–H groups in total. The van der Waals surface area contributed by atoms with Crippen molar-refractivity contribution in [3.05, 3.63) is 47.7 Å². The molecule has 2 bridgehead atoms. The van der Waals surface area contributed by atoms with Crippen molar-refractivity contribution in [2.75, 3.05) is 44.3 Å². The van der Waals surface area contributed by atoms with Gasteiger partial charge in [0.25, 0.3) is 0 Å². The number of anilines is 1. The van der Waals surface area contributed by atoms with Gasteiger partial charge in [0.2, 0.25) is 0 Å². The predicted octanol–water partition coefficient (Wildman–Crippen LogP) is 5.80. The first-order valence-electron chi connectivity index (χ1n) is 16.5. The van der Waals surface area contributed by atoms with Gasteiger partial charge in [-0.2, -0.15) is 9.97 Å². The van der Waals surface area contributed by atoms with Crippen LogP contribution in [0, 0.1) is 29.4 Å². The summed E-state index contributed by atoms with van der Waals surface area (Å²) < 4.78 is 52.6. The molecule has 2 aromatic carbocycles. The topological polar surface area (TPSA) is 94.8 Å². The molecule has 0 amide bonds. The maximum Gasteiger partial charge on any atom is 0.319 e. The molecule has 5 heterocycles. The molecule has 0 spiro atoms. The number of piperidine rings is 1. The van der Waals surface area contributed by atoms with E-state index in [1.54, 1.807) is 12.3 Å². The summed E-state index contributed by atoms with van der Waals surface area (Å²) in [5.41, 5.74) is 0.213. The summed E-state index contributed by atoms with van der Waals surface area (Å²) in [7, 11) is 0. The van der Waals surface area contributed by atoms with Crippen LogP contribution in [0.1, 0.15) is 44.6 Å². The normalized spacial score (nSPS) is 27.6. The van der Waals surface area contributed by atoms with Gasteiger partial charge in [-0.25, -0.2) is 13.2 Å². The van der Waals surface area contributed by atoms with Gasteiger partial charge in [0.15, 0.2) is 5.82 Å². The second kappa shape index (κ2) is 11.2. The minimum Gasteiger partial charge on any atom is -0.508 e. The predicted molar refractivity (Wildman–Crippen MR) is 169 cm³/mol. The average Bonchev–Trinajstić information content (AvgIpc) is 3.65. The number of phenols is 1. The lowest BCUT2D eigenvalue weighted by molar-refractivity contribution is 0.107. The molecule has 4 aliphatic rings. The molecule has 2 aromatic heterocycles. The fraction of sp³-hybridized carbons (Fsp3) is 0.514. The van der Waals surface area contributed by atoms with E-state index in [0.29, 0.717) is 71.9 Å². The van der Waals surface area contributed by atoms with Crippen LogP contribution in [-0.2, 0) is 6.42 Å². The lowest BCUT2D eigenvalue weighted by atomic mass is 9.86. The zero-order chi connectivity index (χ0) is 31.7. The summed E-state index contributed by atoms with van der Waals surface area (Å²) in [5, 5.41) is 22.1. The third-order valence-corrected chi connectivity index (χ3v) is 11.2. The molecule has 0 radical (unpaired) electrons. The molecule has 46 heavy (non-hydrogen) atoms. The summed E-state index contributed by atoms with van der Waals surface area (Å²) in [4.78, 5) is 18.3. The van der Waals surface area contributed by atoms with Crippen molar-refractivity contribution in [3.63, 3.8) is 0 Å². The van der Waals surface area contributed by atoms with Gasteiger partial charge in [-0.05, 0) is 90.9 Å². The van der Waals surface area contributed by atoms with E-state index in [4.69, 9.17) is 9.72 Å². The fourth-order valence-corrected chi connectivity index (χ4v) is 9.00. The number of hydrogen-bond donors (Lipinski definition) is 2. The molecular formula is C35H38F3N5O3. The van der Waals surface area contributed by atoms with Crippen LogP contribution in [-0.4, -0.2) is 81.2 Å². The Morgan fingerprint density at radius 1 is 1.09 bits per heavy atom. The highest BCUT2D eigenvalue weighted by Crippen LogP contribution is 2.45. The lowest BCUT2D eigenvalue weighted by Crippen LogP contribution is -2.44. The number of hydrogen-bond acceptors (Lipinski definition) is 8. The number of aromatic hydroxyl groups is 1. The van der Waals surface area contributed by atoms with Crippen LogP contribution in [0.5, 0.6) is 11.8 Å². The van der Waals surface area contributed by atoms with E-state index >= 15 is 4.39 Å². The molecule has 4 fully saturated rings. The molecule has 242 valence electrons. The number of aliphatic hydroxyl groups excluding tert-OH is 1. The fourth-order valence-electron chi connectivity index (χ4n) is 9.00. The van der Waals surface area contributed by atoms with Gasteiger partial charge in [0.1, 0.15) is 41.4 Å². The first-order valence-corrected chi connectivity index (χ1v) is 16.5. The zero-order valence-electron chi connectivity index (χ0n) is 25.9. The number of benzene rings is 2. The van der Waals surface area contributed by atoms with Gasteiger partial charge in [0.05, 0.1) is 10.9 Å². The lowest BCUT2D eigenvalue weighted by Gasteiger charge is -2.38. The van der Waals surface area contributed by atoms with Gasteiger partial charge in [-0.1, -0.05) is 13.0 Å². The van der Waals surface area contributed by atoms with Crippen LogP contribution in [0.2, 0.25) is 0 Å². The first-order chi connectivity index (χ1) is 22.3. The van der Waals surface area contributed by atoms with Gasteiger partial charge < -0.3 is 19.8 Å². The number of aryl methyl sites for hydroxylation is 1. The van der Waals surface area contributed by atoms with Crippen molar-refractivity contribution in [1.82, 2.24) is 19.9 Å². The van der Waals surface area contributed by atoms with Crippen LogP contribution in [0.15, 0.2) is 30.5 Å². The Kier molecular flexibility index (Phi) is 7.24. The standard InChI is InChI=1S/C35H38F3N5O3/c1-2-24-28(37)7-6-19-10-23(45)11-25(29(19)24)31-30(38)32-26(13-39-31)33(42-14-20-4-5-21(15-42)27(20)17-44)41-34(40-32)46-18-35-8-3-9-43(35)16-22(36)12-35/h6-7,10-11,13,20-22,27,44-45H,2-5,8-9,12,14-18H2,1H3/t20-,21+,22-,27?,35+/m1/s1. The summed E-state index contributed by atoms with van der Waals surface area (Å²) in [6, 6.07) is 5.88. The number of aromatic nitrogens is 3. The molecule has 1 saturated carbocycles. The Labute approximate surface area is 265 Å². The largest absolute Gasteiger partial charge is 0.508 e. The smallest absolute Gasteiger partial charge is 0.319 e. The van der Waals surface area contributed by atoms with Crippen LogP contribution >= 0.6 is 0 Å². The van der Waals surface area contributed by atoms with E-state index in [1.165, 1.54) is 18.2 Å². The number of nitrogens with zero attached hydrogens (tertiary/aromatic N) is 5. The number of halogens is 3. The highest BCUT2D eigenvalue weighted by atomic mass is 19.1. The van der Waals surface area contributed by atoms with Crippen molar-refractivity contribution in [2.24, 2.45) is 17.8 Å². The molecule has 8 rings (SSSR count). The second-order valence-corrected chi connectivity index (χ2v) is 13.7. The van der Waals surface area contributed by atoms with Crippen molar-refractivity contribution >= 4 is 27.5 Å². The number of phenolic OH excluding ortho intramolecular Hbond substituents is 1. The van der Waals surface area contributed by atoms with Crippen molar-refractivity contribution in [2.45, 2.75) is 57.2 Å². The first kappa shape index (κ1) is 29.7.